The van der Waals surface area contributed by atoms with Gasteiger partial charge in [-0.1, -0.05) is 53.2 Å². The van der Waals surface area contributed by atoms with Gasteiger partial charge in [0.2, 0.25) is 0 Å². The molecule has 1 saturated heterocycles. The van der Waals surface area contributed by atoms with Crippen molar-refractivity contribution in [3.05, 3.63) is 60.5 Å². The number of halogens is 3. The van der Waals surface area contributed by atoms with Crippen molar-refractivity contribution in [3.8, 4) is 5.75 Å². The largest absolute Gasteiger partial charge is 0.507 e. The lowest BCUT2D eigenvalue weighted by Gasteiger charge is -2.15. The number of aromatic hydroxyl groups is 1. The summed E-state index contributed by atoms with van der Waals surface area (Å²) in [7, 11) is 0. The number of amides is 1. The molecule has 122 valence electrons. The first-order valence-corrected chi connectivity index (χ1v) is 9.64. The van der Waals surface area contributed by atoms with Crippen molar-refractivity contribution in [1.29, 1.82) is 0 Å². The number of hydrogen-bond donors (Lipinski definition) is 1. The number of carbonyl (C=O) groups is 1. The molecule has 1 aliphatic heterocycles. The van der Waals surface area contributed by atoms with Crippen molar-refractivity contribution >= 4 is 91.8 Å². The Kier molecular flexibility index (Phi) is 5.41. The van der Waals surface area contributed by atoms with Crippen LogP contribution in [0.3, 0.4) is 0 Å². The zero-order valence-corrected chi connectivity index (χ0v) is 17.1. The summed E-state index contributed by atoms with van der Waals surface area (Å²) < 4.78 is 1.14. The third-order valence-corrected chi connectivity index (χ3v) is 6.13. The summed E-state index contributed by atoms with van der Waals surface area (Å²) in [4.78, 5) is 14.6. The molecule has 24 heavy (non-hydrogen) atoms. The van der Waals surface area contributed by atoms with Gasteiger partial charge in [-0.25, -0.2) is 0 Å². The van der Waals surface area contributed by atoms with Gasteiger partial charge in [0.15, 0.2) is 4.32 Å². The van der Waals surface area contributed by atoms with E-state index in [2.05, 4.69) is 0 Å². The number of carbonyl (C=O) groups excluding carboxylic acids is 1. The van der Waals surface area contributed by atoms with Crippen molar-refractivity contribution < 1.29 is 9.90 Å². The zero-order chi connectivity index (χ0) is 17.4. The SMILES string of the molecule is O=C1/C(=C\c2ccc(O)c(I)c2)SC(=S)N1c1ccc(Cl)c(Cl)c1. The van der Waals surface area contributed by atoms with Gasteiger partial charge in [0, 0.05) is 0 Å². The van der Waals surface area contributed by atoms with Gasteiger partial charge in [0.25, 0.3) is 5.91 Å². The highest BCUT2D eigenvalue weighted by Gasteiger charge is 2.33. The van der Waals surface area contributed by atoms with Crippen LogP contribution in [0.5, 0.6) is 5.75 Å². The standard InChI is InChI=1S/C16H8Cl2INO2S2/c17-10-3-2-9(7-11(10)18)20-15(22)14(24-16(20)23)6-8-1-4-13(21)12(19)5-8/h1-7,21H/b14-6+. The fourth-order valence-corrected chi connectivity index (χ4v) is 4.21. The Morgan fingerprint density at radius 1 is 1.17 bits per heavy atom. The summed E-state index contributed by atoms with van der Waals surface area (Å²) in [6.45, 7) is 0. The number of rotatable bonds is 2. The molecule has 1 N–H and O–H groups in total. The Morgan fingerprint density at radius 3 is 2.58 bits per heavy atom. The summed E-state index contributed by atoms with van der Waals surface area (Å²) in [5.41, 5.74) is 1.39. The van der Waals surface area contributed by atoms with Crippen molar-refractivity contribution in [3.63, 3.8) is 0 Å². The number of phenolic OH excluding ortho intramolecular Hbond substituents is 1. The second kappa shape index (κ2) is 7.21. The molecule has 2 aromatic rings. The van der Waals surface area contributed by atoms with Crippen LogP contribution in [0.15, 0.2) is 41.3 Å². The fourth-order valence-electron chi connectivity index (χ4n) is 2.08. The molecule has 1 amide bonds. The minimum atomic E-state index is -0.216. The van der Waals surface area contributed by atoms with Crippen LogP contribution < -0.4 is 4.90 Å². The topological polar surface area (TPSA) is 40.5 Å². The third kappa shape index (κ3) is 3.57. The molecule has 0 spiro atoms. The first kappa shape index (κ1) is 18.0. The minimum Gasteiger partial charge on any atom is -0.507 e. The van der Waals surface area contributed by atoms with E-state index in [-0.39, 0.29) is 11.7 Å². The van der Waals surface area contributed by atoms with Gasteiger partial charge < -0.3 is 5.11 Å². The average Bonchev–Trinajstić information content (AvgIpc) is 2.80. The maximum Gasteiger partial charge on any atom is 0.270 e. The van der Waals surface area contributed by atoms with Crippen molar-refractivity contribution in [2.75, 3.05) is 4.90 Å². The Bertz CT molecular complexity index is 902. The Morgan fingerprint density at radius 2 is 1.92 bits per heavy atom. The Balaban J connectivity index is 1.94. The summed E-state index contributed by atoms with van der Waals surface area (Å²) >= 11 is 20.5. The minimum absolute atomic E-state index is 0.205. The Hall–Kier alpha value is -0.800. The number of nitrogens with zero attached hydrogens (tertiary/aromatic N) is 1. The molecule has 2 aromatic carbocycles. The van der Waals surface area contributed by atoms with E-state index >= 15 is 0 Å². The van der Waals surface area contributed by atoms with Gasteiger partial charge in [0.1, 0.15) is 5.75 Å². The fraction of sp³-hybridized carbons (Fsp3) is 0. The Labute approximate surface area is 171 Å². The van der Waals surface area contributed by atoms with Crippen LogP contribution in [0.25, 0.3) is 6.08 Å². The number of thioether (sulfide) groups is 1. The van der Waals surface area contributed by atoms with Crippen LogP contribution in [-0.4, -0.2) is 15.3 Å². The van der Waals surface area contributed by atoms with E-state index in [0.29, 0.717) is 28.5 Å². The molecular weight excluding hydrogens is 500 g/mol. The molecule has 1 aliphatic rings. The summed E-state index contributed by atoms with van der Waals surface area (Å²) in [5.74, 6) is -0.0115. The molecule has 8 heteroatoms. The van der Waals surface area contributed by atoms with Crippen LogP contribution in [-0.2, 0) is 4.79 Å². The average molecular weight is 508 g/mol. The highest BCUT2D eigenvalue weighted by atomic mass is 127. The molecular formula is C16H8Cl2INO2S2. The lowest BCUT2D eigenvalue weighted by Crippen LogP contribution is -2.27. The third-order valence-electron chi connectivity index (χ3n) is 3.22. The first-order chi connectivity index (χ1) is 11.4. The van der Waals surface area contributed by atoms with Crippen LogP contribution in [0.1, 0.15) is 5.56 Å². The molecule has 0 saturated carbocycles. The number of phenols is 1. The lowest BCUT2D eigenvalue weighted by molar-refractivity contribution is -0.113. The lowest BCUT2D eigenvalue weighted by atomic mass is 10.2. The van der Waals surface area contributed by atoms with E-state index in [1.165, 1.54) is 16.7 Å². The van der Waals surface area contributed by atoms with E-state index in [1.54, 1.807) is 42.5 Å². The van der Waals surface area contributed by atoms with Crippen LogP contribution in [0, 0.1) is 3.57 Å². The van der Waals surface area contributed by atoms with Crippen LogP contribution >= 0.6 is 69.8 Å². The zero-order valence-electron chi connectivity index (χ0n) is 11.8. The highest BCUT2D eigenvalue weighted by molar-refractivity contribution is 14.1. The van der Waals surface area contributed by atoms with Gasteiger partial charge in [-0.3, -0.25) is 9.69 Å². The van der Waals surface area contributed by atoms with E-state index in [1.807, 2.05) is 22.6 Å². The molecule has 0 aromatic heterocycles. The second-order valence-electron chi connectivity index (χ2n) is 4.83. The summed E-state index contributed by atoms with van der Waals surface area (Å²) in [5, 5.41) is 10.4. The maximum atomic E-state index is 12.7. The second-order valence-corrected chi connectivity index (χ2v) is 8.48. The number of anilines is 1. The predicted molar refractivity (Wildman–Crippen MR) is 113 cm³/mol. The smallest absolute Gasteiger partial charge is 0.270 e. The van der Waals surface area contributed by atoms with Gasteiger partial charge in [0.05, 0.1) is 24.2 Å². The number of benzene rings is 2. The van der Waals surface area contributed by atoms with Crippen LogP contribution in [0.2, 0.25) is 10.0 Å². The van der Waals surface area contributed by atoms with E-state index < -0.39 is 0 Å². The van der Waals surface area contributed by atoms with Crippen molar-refractivity contribution in [2.24, 2.45) is 0 Å². The molecule has 1 fully saturated rings. The van der Waals surface area contributed by atoms with E-state index in [0.717, 1.165) is 5.56 Å². The van der Waals surface area contributed by atoms with E-state index in [9.17, 15) is 9.90 Å². The number of hydrogen-bond acceptors (Lipinski definition) is 4. The molecule has 1 heterocycles. The normalized spacial score (nSPS) is 16.3. The van der Waals surface area contributed by atoms with Crippen molar-refractivity contribution in [2.45, 2.75) is 0 Å². The van der Waals surface area contributed by atoms with Crippen molar-refractivity contribution in [1.82, 2.24) is 0 Å². The molecule has 0 bridgehead atoms. The monoisotopic (exact) mass is 507 g/mol. The highest BCUT2D eigenvalue weighted by Crippen LogP contribution is 2.38. The predicted octanol–water partition coefficient (Wildman–Crippen LogP) is 5.71. The first-order valence-electron chi connectivity index (χ1n) is 6.58. The summed E-state index contributed by atoms with van der Waals surface area (Å²) in [6, 6.07) is 10.1. The maximum absolute atomic E-state index is 12.7. The van der Waals surface area contributed by atoms with Gasteiger partial charge >= 0.3 is 0 Å². The molecule has 3 rings (SSSR count). The molecule has 3 nitrogen and oxygen atoms in total. The molecule has 0 atom stereocenters. The molecule has 0 unspecified atom stereocenters. The molecule has 0 aliphatic carbocycles. The number of thiocarbonyl (C=S) groups is 1. The summed E-state index contributed by atoms with van der Waals surface area (Å²) in [6.07, 6.45) is 1.75. The van der Waals surface area contributed by atoms with Crippen LogP contribution in [0.4, 0.5) is 5.69 Å². The van der Waals surface area contributed by atoms with Gasteiger partial charge in [-0.15, -0.1) is 0 Å². The quantitative estimate of drug-likeness (QED) is 0.321. The van der Waals surface area contributed by atoms with Gasteiger partial charge in [-0.05, 0) is 64.6 Å². The van der Waals surface area contributed by atoms with E-state index in [4.69, 9.17) is 35.4 Å². The molecule has 0 radical (unpaired) electrons. The van der Waals surface area contributed by atoms with Gasteiger partial charge in [-0.2, -0.15) is 0 Å².